The van der Waals surface area contributed by atoms with Crippen LogP contribution in [-0.4, -0.2) is 65.5 Å². The molecule has 1 aromatic rings. The van der Waals surface area contributed by atoms with Gasteiger partial charge in [0, 0.05) is 18.5 Å². The highest BCUT2D eigenvalue weighted by Crippen LogP contribution is 2.22. The molecule has 0 unspecified atom stereocenters. The lowest BCUT2D eigenvalue weighted by atomic mass is 9.93. The molecule has 10 nitrogen and oxygen atoms in total. The fourth-order valence-electron chi connectivity index (χ4n) is 2.24. The molecule has 0 aliphatic carbocycles. The van der Waals surface area contributed by atoms with Crippen molar-refractivity contribution in [3.05, 3.63) is 32.6 Å². The number of Topliss-reactive ketones (excluding diaryl/α,β-unsaturated/α-hetero) is 1. The van der Waals surface area contributed by atoms with Gasteiger partial charge in [-0.25, -0.2) is 9.59 Å². The number of carbonyl (C=O) groups is 3. The van der Waals surface area contributed by atoms with Gasteiger partial charge in [-0.3, -0.25) is 14.6 Å². The summed E-state index contributed by atoms with van der Waals surface area (Å²) in [4.78, 5) is 61.8. The van der Waals surface area contributed by atoms with Crippen LogP contribution in [0.2, 0.25) is 0 Å². The first-order valence-electron chi connectivity index (χ1n) is 6.93. The van der Waals surface area contributed by atoms with E-state index >= 15 is 0 Å². The number of carboxylic acid groups (broad SMARTS) is 1. The molecule has 0 bridgehead atoms. The molecule has 1 heterocycles. The number of H-pyrrole nitrogens is 2. The average molecular weight is 341 g/mol. The van der Waals surface area contributed by atoms with Crippen LogP contribution in [0.4, 0.5) is 0 Å². The summed E-state index contributed by atoms with van der Waals surface area (Å²) in [5, 5.41) is 11.1. The van der Waals surface area contributed by atoms with E-state index in [2.05, 4.69) is 4.98 Å². The minimum atomic E-state index is -1.99. The van der Waals surface area contributed by atoms with E-state index in [9.17, 15) is 29.1 Å². The number of ether oxygens (including phenoxy) is 1. The number of esters is 1. The van der Waals surface area contributed by atoms with Gasteiger partial charge < -0.3 is 24.1 Å². The molecule has 0 spiro atoms. The molecule has 0 saturated carbocycles. The van der Waals surface area contributed by atoms with E-state index in [0.717, 1.165) is 13.0 Å². The second kappa shape index (κ2) is 6.79. The van der Waals surface area contributed by atoms with Gasteiger partial charge in [-0.15, -0.1) is 0 Å². The SMILES string of the molecule is CC(=O)[C@@](CC(=O)[O-])(C[N+](C)(C)C)OC(=O)c1cc(=O)[nH]c(=O)[nH]1. The lowest BCUT2D eigenvalue weighted by molar-refractivity contribution is -0.875. The van der Waals surface area contributed by atoms with Crippen LogP contribution in [0, 0.1) is 0 Å². The second-order valence-corrected chi connectivity index (χ2v) is 6.44. The lowest BCUT2D eigenvalue weighted by Gasteiger charge is -2.37. The Morgan fingerprint density at radius 2 is 1.79 bits per heavy atom. The van der Waals surface area contributed by atoms with Gasteiger partial charge >= 0.3 is 11.7 Å². The summed E-state index contributed by atoms with van der Waals surface area (Å²) in [6.07, 6.45) is -0.850. The number of carbonyl (C=O) groups excluding carboxylic acids is 3. The summed E-state index contributed by atoms with van der Waals surface area (Å²) in [5.74, 6) is -3.46. The van der Waals surface area contributed by atoms with Crippen LogP contribution in [-0.2, 0) is 14.3 Å². The van der Waals surface area contributed by atoms with Crippen LogP contribution >= 0.6 is 0 Å². The number of hydrogen-bond acceptors (Lipinski definition) is 7. The monoisotopic (exact) mass is 341 g/mol. The van der Waals surface area contributed by atoms with Crippen molar-refractivity contribution in [2.24, 2.45) is 0 Å². The Morgan fingerprint density at radius 3 is 2.21 bits per heavy atom. The third kappa shape index (κ3) is 5.16. The Morgan fingerprint density at radius 1 is 1.21 bits per heavy atom. The van der Waals surface area contributed by atoms with Crippen LogP contribution in [0.1, 0.15) is 23.8 Å². The van der Waals surface area contributed by atoms with E-state index in [4.69, 9.17) is 4.74 Å². The largest absolute Gasteiger partial charge is 0.550 e. The molecule has 0 aliphatic rings. The Balaban J connectivity index is 3.30. The Bertz CT molecular complexity index is 743. The maximum Gasteiger partial charge on any atom is 0.356 e. The molecule has 132 valence electrons. The highest BCUT2D eigenvalue weighted by atomic mass is 16.6. The summed E-state index contributed by atoms with van der Waals surface area (Å²) in [6, 6.07) is 0.777. The molecular weight excluding hydrogens is 322 g/mol. The van der Waals surface area contributed by atoms with Crippen molar-refractivity contribution in [2.45, 2.75) is 18.9 Å². The number of rotatable bonds is 7. The number of ketones is 1. The number of hydrogen-bond donors (Lipinski definition) is 2. The average Bonchev–Trinajstić information content (AvgIpc) is 2.33. The molecule has 0 amide bonds. The number of nitrogens with zero attached hydrogens (tertiary/aromatic N) is 1. The molecule has 0 aliphatic heterocycles. The minimum Gasteiger partial charge on any atom is -0.550 e. The van der Waals surface area contributed by atoms with E-state index in [1.54, 1.807) is 21.1 Å². The standard InChI is InChI=1S/C14H19N3O7/c1-8(18)14(6-11(20)21,7-17(2,3)4)24-12(22)9-5-10(19)16-13(23)15-9/h5H,6-7H2,1-4H3,(H2-,15,16,19,20,21,23)/t14-/m1/s1. The van der Waals surface area contributed by atoms with E-state index in [1.165, 1.54) is 0 Å². The number of aromatic nitrogens is 2. The Kier molecular flexibility index (Phi) is 5.46. The summed E-state index contributed by atoms with van der Waals surface area (Å²) < 4.78 is 5.25. The fraction of sp³-hybridized carbons (Fsp3) is 0.500. The first kappa shape index (κ1) is 19.3. The molecule has 0 saturated heterocycles. The first-order valence-corrected chi connectivity index (χ1v) is 6.93. The maximum absolute atomic E-state index is 12.2. The summed E-state index contributed by atoms with van der Waals surface area (Å²) in [5.41, 5.74) is -4.26. The van der Waals surface area contributed by atoms with Gasteiger partial charge in [0.05, 0.1) is 21.1 Å². The number of aromatic amines is 2. The predicted octanol–water partition coefficient (Wildman–Crippen LogP) is -2.61. The fourth-order valence-corrected chi connectivity index (χ4v) is 2.24. The number of quaternary nitrogens is 1. The molecule has 1 aromatic heterocycles. The van der Waals surface area contributed by atoms with Crippen LogP contribution < -0.4 is 16.4 Å². The quantitative estimate of drug-likeness (QED) is 0.408. The van der Waals surface area contributed by atoms with Crippen molar-refractivity contribution in [3.8, 4) is 0 Å². The third-order valence-electron chi connectivity index (χ3n) is 3.07. The number of nitrogens with one attached hydrogen (secondary N) is 2. The molecule has 10 heteroatoms. The highest BCUT2D eigenvalue weighted by Gasteiger charge is 2.45. The summed E-state index contributed by atoms with van der Waals surface area (Å²) >= 11 is 0. The highest BCUT2D eigenvalue weighted by molar-refractivity contribution is 5.94. The van der Waals surface area contributed by atoms with Crippen molar-refractivity contribution in [1.29, 1.82) is 0 Å². The lowest BCUT2D eigenvalue weighted by Crippen LogP contribution is -2.57. The molecule has 2 N–H and O–H groups in total. The van der Waals surface area contributed by atoms with E-state index in [0.29, 0.717) is 0 Å². The minimum absolute atomic E-state index is 0.117. The zero-order valence-electron chi connectivity index (χ0n) is 13.8. The summed E-state index contributed by atoms with van der Waals surface area (Å²) in [6.45, 7) is 0.946. The second-order valence-electron chi connectivity index (χ2n) is 6.44. The van der Waals surface area contributed by atoms with Crippen molar-refractivity contribution in [1.82, 2.24) is 9.97 Å². The van der Waals surface area contributed by atoms with Gasteiger partial charge in [0.2, 0.25) is 5.60 Å². The van der Waals surface area contributed by atoms with Crippen LogP contribution in [0.25, 0.3) is 0 Å². The number of carboxylic acids is 1. The molecule has 0 radical (unpaired) electrons. The normalized spacial score (nSPS) is 13.8. The third-order valence-corrected chi connectivity index (χ3v) is 3.07. The van der Waals surface area contributed by atoms with E-state index in [1.807, 2.05) is 4.98 Å². The Hall–Kier alpha value is -2.75. The van der Waals surface area contributed by atoms with Crippen molar-refractivity contribution >= 4 is 17.7 Å². The number of likely N-dealkylation sites (N-methyl/N-ethyl adjacent to an activating group) is 1. The zero-order chi connectivity index (χ0) is 18.7. The molecular formula is C14H19N3O7. The van der Waals surface area contributed by atoms with Gasteiger partial charge in [0.1, 0.15) is 12.2 Å². The summed E-state index contributed by atoms with van der Waals surface area (Å²) in [7, 11) is 5.03. The number of aliphatic carboxylic acids is 1. The molecule has 24 heavy (non-hydrogen) atoms. The van der Waals surface area contributed by atoms with Gasteiger partial charge in [-0.1, -0.05) is 0 Å². The smallest absolute Gasteiger partial charge is 0.356 e. The van der Waals surface area contributed by atoms with E-state index < -0.39 is 46.7 Å². The maximum atomic E-state index is 12.2. The predicted molar refractivity (Wildman–Crippen MR) is 79.0 cm³/mol. The van der Waals surface area contributed by atoms with Crippen LogP contribution in [0.3, 0.4) is 0 Å². The van der Waals surface area contributed by atoms with Crippen molar-refractivity contribution < 1.29 is 28.7 Å². The van der Waals surface area contributed by atoms with Gasteiger partial charge in [-0.05, 0) is 6.92 Å². The molecule has 0 aromatic carbocycles. The van der Waals surface area contributed by atoms with Crippen LogP contribution in [0.5, 0.6) is 0 Å². The Labute approximate surface area is 136 Å². The molecule has 1 atom stereocenters. The van der Waals surface area contributed by atoms with Crippen molar-refractivity contribution in [2.75, 3.05) is 27.7 Å². The van der Waals surface area contributed by atoms with Gasteiger partial charge in [0.25, 0.3) is 5.56 Å². The zero-order valence-corrected chi connectivity index (χ0v) is 13.8. The first-order chi connectivity index (χ1) is 10.8. The topological polar surface area (TPSA) is 149 Å². The van der Waals surface area contributed by atoms with Gasteiger partial charge in [-0.2, -0.15) is 0 Å². The van der Waals surface area contributed by atoms with E-state index in [-0.39, 0.29) is 11.0 Å². The molecule has 1 rings (SSSR count). The van der Waals surface area contributed by atoms with Gasteiger partial charge in [0.15, 0.2) is 5.78 Å². The van der Waals surface area contributed by atoms with Crippen molar-refractivity contribution in [3.63, 3.8) is 0 Å². The van der Waals surface area contributed by atoms with Crippen LogP contribution in [0.15, 0.2) is 15.7 Å². The molecule has 0 fully saturated rings.